The van der Waals surface area contributed by atoms with Crippen LogP contribution in [0.1, 0.15) is 5.56 Å². The van der Waals surface area contributed by atoms with Gasteiger partial charge in [-0.2, -0.15) is 5.26 Å². The van der Waals surface area contributed by atoms with E-state index in [2.05, 4.69) is 9.71 Å². The summed E-state index contributed by atoms with van der Waals surface area (Å²) in [5.74, 6) is -0.834. The Bertz CT molecular complexity index is 803. The Morgan fingerprint density at radius 1 is 1.35 bits per heavy atom. The Kier molecular flexibility index (Phi) is 3.88. The summed E-state index contributed by atoms with van der Waals surface area (Å²) in [4.78, 5) is 3.54. The number of nitrogens with one attached hydrogen (secondary N) is 1. The number of halogens is 2. The van der Waals surface area contributed by atoms with Gasteiger partial charge in [0.05, 0.1) is 15.5 Å². The van der Waals surface area contributed by atoms with Gasteiger partial charge in [-0.15, -0.1) is 0 Å². The summed E-state index contributed by atoms with van der Waals surface area (Å²) >= 11 is 5.80. The molecule has 0 amide bonds. The Balaban J connectivity index is 2.42. The van der Waals surface area contributed by atoms with Crippen molar-refractivity contribution < 1.29 is 12.8 Å². The summed E-state index contributed by atoms with van der Waals surface area (Å²) in [7, 11) is -4.00. The number of benzene rings is 1. The molecule has 0 spiro atoms. The third kappa shape index (κ3) is 2.87. The van der Waals surface area contributed by atoms with Crippen LogP contribution >= 0.6 is 11.6 Å². The van der Waals surface area contributed by atoms with E-state index in [9.17, 15) is 12.8 Å². The van der Waals surface area contributed by atoms with Crippen LogP contribution in [0.5, 0.6) is 0 Å². The molecule has 0 fully saturated rings. The monoisotopic (exact) mass is 311 g/mol. The lowest BCUT2D eigenvalue weighted by atomic mass is 10.2. The second-order valence-corrected chi connectivity index (χ2v) is 5.78. The summed E-state index contributed by atoms with van der Waals surface area (Å²) in [6, 6.07) is 7.49. The summed E-state index contributed by atoms with van der Waals surface area (Å²) in [6.45, 7) is 0. The minimum Gasteiger partial charge on any atom is -0.262 e. The third-order valence-corrected chi connectivity index (χ3v) is 4.00. The van der Waals surface area contributed by atoms with Crippen LogP contribution in [0.2, 0.25) is 5.02 Å². The van der Waals surface area contributed by atoms with E-state index in [0.717, 1.165) is 18.2 Å². The fourth-order valence-electron chi connectivity index (χ4n) is 1.40. The Morgan fingerprint density at radius 3 is 2.75 bits per heavy atom. The first-order valence-corrected chi connectivity index (χ1v) is 7.13. The average Bonchev–Trinajstić information content (AvgIpc) is 2.41. The smallest absolute Gasteiger partial charge is 0.262 e. The highest BCUT2D eigenvalue weighted by Crippen LogP contribution is 2.22. The van der Waals surface area contributed by atoms with Crippen molar-refractivity contribution in [2.24, 2.45) is 0 Å². The van der Waals surface area contributed by atoms with Crippen molar-refractivity contribution in [3.8, 4) is 6.07 Å². The fourth-order valence-corrected chi connectivity index (χ4v) is 2.68. The zero-order valence-corrected chi connectivity index (χ0v) is 11.4. The molecule has 2 aromatic rings. The van der Waals surface area contributed by atoms with Gasteiger partial charge in [0.15, 0.2) is 5.82 Å². The van der Waals surface area contributed by atoms with Crippen molar-refractivity contribution in [2.45, 2.75) is 4.90 Å². The van der Waals surface area contributed by atoms with Crippen LogP contribution in [0.15, 0.2) is 41.4 Å². The van der Waals surface area contributed by atoms with Crippen LogP contribution in [0, 0.1) is 17.1 Å². The molecular formula is C12H7ClFN3O2S. The molecule has 0 aliphatic rings. The SMILES string of the molecule is N#Cc1cc(S(=O)(=O)Nc2ncccc2Cl)ccc1F. The lowest BCUT2D eigenvalue weighted by molar-refractivity contribution is 0.599. The largest absolute Gasteiger partial charge is 0.263 e. The van der Waals surface area contributed by atoms with Gasteiger partial charge in [-0.3, -0.25) is 4.72 Å². The van der Waals surface area contributed by atoms with Gasteiger partial charge >= 0.3 is 0 Å². The first-order chi connectivity index (χ1) is 9.44. The quantitative estimate of drug-likeness (QED) is 0.944. The Morgan fingerprint density at radius 2 is 2.10 bits per heavy atom. The number of nitriles is 1. The van der Waals surface area contributed by atoms with Gasteiger partial charge in [0.1, 0.15) is 11.9 Å². The fraction of sp³-hybridized carbons (Fsp3) is 0. The van der Waals surface area contributed by atoms with E-state index >= 15 is 0 Å². The predicted molar refractivity (Wildman–Crippen MR) is 71.2 cm³/mol. The van der Waals surface area contributed by atoms with E-state index in [4.69, 9.17) is 16.9 Å². The van der Waals surface area contributed by atoms with Crippen LogP contribution in [0.3, 0.4) is 0 Å². The van der Waals surface area contributed by atoms with E-state index < -0.39 is 15.8 Å². The van der Waals surface area contributed by atoms with Gasteiger partial charge in [-0.25, -0.2) is 17.8 Å². The molecule has 0 unspecified atom stereocenters. The molecular weight excluding hydrogens is 305 g/mol. The van der Waals surface area contributed by atoms with Gasteiger partial charge < -0.3 is 0 Å². The predicted octanol–water partition coefficient (Wildman–Crippen LogP) is 2.55. The van der Waals surface area contributed by atoms with E-state index in [1.54, 1.807) is 12.1 Å². The highest BCUT2D eigenvalue weighted by Gasteiger charge is 2.18. The second kappa shape index (κ2) is 5.45. The highest BCUT2D eigenvalue weighted by atomic mass is 35.5. The lowest BCUT2D eigenvalue weighted by Gasteiger charge is -2.08. The van der Waals surface area contributed by atoms with Crippen molar-refractivity contribution in [2.75, 3.05) is 4.72 Å². The van der Waals surface area contributed by atoms with Gasteiger partial charge in [0, 0.05) is 6.20 Å². The van der Waals surface area contributed by atoms with Crippen LogP contribution in [0.25, 0.3) is 0 Å². The van der Waals surface area contributed by atoms with E-state index in [1.165, 1.54) is 12.3 Å². The zero-order chi connectivity index (χ0) is 14.8. The number of hydrogen-bond donors (Lipinski definition) is 1. The zero-order valence-electron chi connectivity index (χ0n) is 9.84. The molecule has 1 N–H and O–H groups in total. The summed E-state index contributed by atoms with van der Waals surface area (Å²) in [6.07, 6.45) is 1.37. The number of rotatable bonds is 3. The van der Waals surface area contributed by atoms with Crippen LogP contribution in [-0.4, -0.2) is 13.4 Å². The van der Waals surface area contributed by atoms with Gasteiger partial charge in [0.2, 0.25) is 0 Å². The second-order valence-electron chi connectivity index (χ2n) is 3.69. The number of sulfonamides is 1. The van der Waals surface area contributed by atoms with Crippen molar-refractivity contribution in [3.05, 3.63) is 52.9 Å². The van der Waals surface area contributed by atoms with Crippen LogP contribution < -0.4 is 4.72 Å². The maximum absolute atomic E-state index is 13.2. The molecule has 0 aliphatic heterocycles. The van der Waals surface area contributed by atoms with Crippen molar-refractivity contribution in [1.29, 1.82) is 5.26 Å². The van der Waals surface area contributed by atoms with Gasteiger partial charge in [-0.05, 0) is 30.3 Å². The molecule has 5 nitrogen and oxygen atoms in total. The molecule has 1 heterocycles. The molecule has 0 bridgehead atoms. The first kappa shape index (κ1) is 14.2. The van der Waals surface area contributed by atoms with E-state index in [1.807, 2.05) is 0 Å². The summed E-state index contributed by atoms with van der Waals surface area (Å²) < 4.78 is 39.5. The van der Waals surface area contributed by atoms with E-state index in [0.29, 0.717) is 0 Å². The molecule has 0 saturated carbocycles. The lowest BCUT2D eigenvalue weighted by Crippen LogP contribution is -2.14. The van der Waals surface area contributed by atoms with Crippen molar-refractivity contribution >= 4 is 27.4 Å². The van der Waals surface area contributed by atoms with Crippen LogP contribution in [0.4, 0.5) is 10.2 Å². The number of anilines is 1. The number of nitrogens with zero attached hydrogens (tertiary/aromatic N) is 2. The maximum Gasteiger partial charge on any atom is 0.263 e. The standard InChI is InChI=1S/C12H7ClFN3O2S/c13-10-2-1-5-16-12(10)17-20(18,19)9-3-4-11(14)8(6-9)7-15/h1-6H,(H,16,17). The number of aromatic nitrogens is 1. The third-order valence-electron chi connectivity index (χ3n) is 2.36. The van der Waals surface area contributed by atoms with Crippen LogP contribution in [-0.2, 0) is 10.0 Å². The maximum atomic E-state index is 13.2. The molecule has 0 atom stereocenters. The molecule has 102 valence electrons. The number of pyridine rings is 1. The van der Waals surface area contributed by atoms with Gasteiger partial charge in [0.25, 0.3) is 10.0 Å². The first-order valence-electron chi connectivity index (χ1n) is 5.27. The minimum absolute atomic E-state index is 0.0444. The van der Waals surface area contributed by atoms with Crippen molar-refractivity contribution in [1.82, 2.24) is 4.98 Å². The topological polar surface area (TPSA) is 82.8 Å². The Labute approximate surface area is 119 Å². The molecule has 8 heteroatoms. The minimum atomic E-state index is -4.00. The summed E-state index contributed by atoms with van der Waals surface area (Å²) in [5, 5.41) is 8.83. The summed E-state index contributed by atoms with van der Waals surface area (Å²) in [5.41, 5.74) is -0.361. The molecule has 0 radical (unpaired) electrons. The molecule has 20 heavy (non-hydrogen) atoms. The molecule has 2 rings (SSSR count). The van der Waals surface area contributed by atoms with E-state index in [-0.39, 0.29) is 21.3 Å². The molecule has 1 aromatic heterocycles. The highest BCUT2D eigenvalue weighted by molar-refractivity contribution is 7.92. The normalized spacial score (nSPS) is 10.8. The molecule has 0 aliphatic carbocycles. The average molecular weight is 312 g/mol. The van der Waals surface area contributed by atoms with Crippen molar-refractivity contribution in [3.63, 3.8) is 0 Å². The molecule has 1 aromatic carbocycles. The Hall–Kier alpha value is -2.17. The van der Waals surface area contributed by atoms with Gasteiger partial charge in [-0.1, -0.05) is 11.6 Å². The molecule has 0 saturated heterocycles. The number of hydrogen-bond acceptors (Lipinski definition) is 4.